The molecule has 0 aliphatic carbocycles. The second-order valence-corrected chi connectivity index (χ2v) is 11.6. The summed E-state index contributed by atoms with van der Waals surface area (Å²) in [7, 11) is 1.52. The number of carbonyl (C=O) groups excluding carboxylic acids is 3. The predicted molar refractivity (Wildman–Crippen MR) is 150 cm³/mol. The van der Waals surface area contributed by atoms with E-state index in [-0.39, 0.29) is 17.7 Å². The van der Waals surface area contributed by atoms with Gasteiger partial charge in [0.25, 0.3) is 5.91 Å². The second kappa shape index (κ2) is 11.3. The van der Waals surface area contributed by atoms with Crippen LogP contribution in [0.3, 0.4) is 0 Å². The lowest BCUT2D eigenvalue weighted by Crippen LogP contribution is -2.62. The molecule has 2 heterocycles. The molecule has 0 spiro atoms. The predicted octanol–water partition coefficient (Wildman–Crippen LogP) is 3.20. The van der Waals surface area contributed by atoms with Gasteiger partial charge in [-0.25, -0.2) is 14.2 Å². The first-order valence-corrected chi connectivity index (χ1v) is 13.5. The number of anilines is 1. The van der Waals surface area contributed by atoms with E-state index in [1.807, 2.05) is 0 Å². The van der Waals surface area contributed by atoms with Crippen LogP contribution in [0, 0.1) is 11.7 Å². The average molecular weight is 573 g/mol. The van der Waals surface area contributed by atoms with E-state index < -0.39 is 52.9 Å². The number of carbonyl (C=O) groups is 3. The summed E-state index contributed by atoms with van der Waals surface area (Å²) in [4.78, 5) is 46.0. The highest BCUT2D eigenvalue weighted by molar-refractivity contribution is 6.32. The smallest absolute Gasteiger partial charge is 0.329 e. The van der Waals surface area contributed by atoms with Gasteiger partial charge in [0, 0.05) is 23.2 Å². The number of nitrogens with zero attached hydrogens (tertiary/aromatic N) is 2. The fraction of sp³-hybridized carbons (Fsp3) is 0.448. The number of aliphatic hydroxyl groups excluding tert-OH is 1. The highest BCUT2D eigenvalue weighted by Crippen LogP contribution is 2.33. The molecule has 2 aromatic carbocycles. The van der Waals surface area contributed by atoms with Crippen LogP contribution in [0.4, 0.5) is 10.1 Å². The molecule has 2 aliphatic rings. The molecule has 4 atom stereocenters. The first-order chi connectivity index (χ1) is 18.7. The summed E-state index contributed by atoms with van der Waals surface area (Å²) < 4.78 is 20.5. The van der Waals surface area contributed by atoms with E-state index in [1.54, 1.807) is 45.0 Å². The number of nitrogens with one attached hydrogen (secondary N) is 2. The monoisotopic (exact) mass is 572 g/mol. The number of esters is 1. The quantitative estimate of drug-likeness (QED) is 0.457. The Morgan fingerprint density at radius 1 is 1.25 bits per heavy atom. The average Bonchev–Trinajstić information content (AvgIpc) is 3.37. The highest BCUT2D eigenvalue weighted by atomic mass is 35.5. The molecule has 2 amide bonds. The Hall–Kier alpha value is -3.34. The van der Waals surface area contributed by atoms with Gasteiger partial charge in [0.1, 0.15) is 17.0 Å². The lowest BCUT2D eigenvalue weighted by molar-refractivity contribution is -0.170. The minimum absolute atomic E-state index is 0.125. The van der Waals surface area contributed by atoms with Crippen molar-refractivity contribution in [1.29, 1.82) is 0 Å². The minimum Gasteiger partial charge on any atom is -0.459 e. The van der Waals surface area contributed by atoms with Crippen LogP contribution in [0.25, 0.3) is 0 Å². The van der Waals surface area contributed by atoms with Crippen LogP contribution >= 0.6 is 11.6 Å². The minimum atomic E-state index is -1.48. The summed E-state index contributed by atoms with van der Waals surface area (Å²) in [5.41, 5.74) is -1.18. The van der Waals surface area contributed by atoms with Crippen molar-refractivity contribution in [3.8, 4) is 0 Å². The van der Waals surface area contributed by atoms with Crippen LogP contribution in [-0.4, -0.2) is 65.6 Å². The summed E-state index contributed by atoms with van der Waals surface area (Å²) >= 11 is 6.25. The van der Waals surface area contributed by atoms with E-state index in [4.69, 9.17) is 16.3 Å². The molecule has 2 aromatic rings. The number of aliphatic imine (C=N–C) groups is 1. The number of amides is 2. The number of halogens is 2. The Labute approximate surface area is 237 Å². The molecule has 214 valence electrons. The molecule has 11 heteroatoms. The fourth-order valence-electron chi connectivity index (χ4n) is 5.03. The van der Waals surface area contributed by atoms with Gasteiger partial charge in [0.2, 0.25) is 12.1 Å². The lowest BCUT2D eigenvalue weighted by Gasteiger charge is -2.37. The molecule has 1 saturated heterocycles. The van der Waals surface area contributed by atoms with Gasteiger partial charge in [0.05, 0.1) is 23.4 Å². The first kappa shape index (κ1) is 29.6. The molecular formula is C29H34ClFN4O5. The number of benzodiazepines with no additional fused rings is 1. The maximum absolute atomic E-state index is 14.9. The van der Waals surface area contributed by atoms with Gasteiger partial charge in [-0.2, -0.15) is 0 Å². The van der Waals surface area contributed by atoms with Gasteiger partial charge in [-0.05, 0) is 70.5 Å². The van der Waals surface area contributed by atoms with Gasteiger partial charge < -0.3 is 20.1 Å². The Morgan fingerprint density at radius 3 is 2.58 bits per heavy atom. The van der Waals surface area contributed by atoms with E-state index in [9.17, 15) is 23.9 Å². The number of ether oxygens (including phenoxy) is 1. The van der Waals surface area contributed by atoms with Crippen LogP contribution in [0.5, 0.6) is 0 Å². The first-order valence-electron chi connectivity index (χ1n) is 13.1. The number of fused-ring (bicyclic) bond motifs is 1. The zero-order chi connectivity index (χ0) is 29.4. The lowest BCUT2D eigenvalue weighted by atomic mass is 9.82. The van der Waals surface area contributed by atoms with Crippen molar-refractivity contribution < 1.29 is 28.6 Å². The van der Waals surface area contributed by atoms with Crippen molar-refractivity contribution in [3.63, 3.8) is 0 Å². The molecule has 0 aromatic heterocycles. The van der Waals surface area contributed by atoms with Crippen molar-refractivity contribution in [2.45, 2.75) is 63.9 Å². The van der Waals surface area contributed by atoms with E-state index >= 15 is 0 Å². The van der Waals surface area contributed by atoms with E-state index in [2.05, 4.69) is 15.6 Å². The fourth-order valence-corrected chi connectivity index (χ4v) is 5.20. The van der Waals surface area contributed by atoms with E-state index in [0.29, 0.717) is 29.2 Å². The molecule has 40 heavy (non-hydrogen) atoms. The van der Waals surface area contributed by atoms with Crippen molar-refractivity contribution in [3.05, 3.63) is 64.4 Å². The highest BCUT2D eigenvalue weighted by Gasteiger charge is 2.53. The van der Waals surface area contributed by atoms with E-state index in [0.717, 1.165) is 0 Å². The van der Waals surface area contributed by atoms with Gasteiger partial charge >= 0.3 is 5.97 Å². The summed E-state index contributed by atoms with van der Waals surface area (Å²) in [6, 6.07) is 10.8. The third-order valence-electron chi connectivity index (χ3n) is 7.15. The number of benzene rings is 2. The van der Waals surface area contributed by atoms with Crippen molar-refractivity contribution in [1.82, 2.24) is 10.6 Å². The van der Waals surface area contributed by atoms with Gasteiger partial charge in [-0.15, -0.1) is 0 Å². The maximum Gasteiger partial charge on any atom is 0.329 e. The number of aliphatic hydroxyl groups is 1. The number of hydrogen-bond acceptors (Lipinski definition) is 7. The molecule has 4 rings (SSSR count). The molecule has 1 fully saturated rings. The Morgan fingerprint density at radius 2 is 1.95 bits per heavy atom. The summed E-state index contributed by atoms with van der Waals surface area (Å²) in [6.07, 6.45) is -2.03. The molecule has 2 aliphatic heterocycles. The van der Waals surface area contributed by atoms with Gasteiger partial charge in [0.15, 0.2) is 0 Å². The standard InChI is InChI=1S/C29H34ClFN4O5/c1-16(23(36)29(13-8-14-32-29)27(39)40-28(2,3)4)25(37)34-24-26(38)35(5)21-12-11-17(30)15-19(21)22(33-24)18-9-6-7-10-20(18)31/h6-7,9-12,15-16,23-24,32,36H,8,13-14H2,1-5H3,(H,34,37)/t16?,23-,24?,29-/m1/s1. The van der Waals surface area contributed by atoms with Crippen molar-refractivity contribution in [2.24, 2.45) is 10.9 Å². The number of likely N-dealkylation sites (N-methyl/N-ethyl adjacent to an activating group) is 1. The second-order valence-electron chi connectivity index (χ2n) is 11.2. The maximum atomic E-state index is 14.9. The molecular weight excluding hydrogens is 539 g/mol. The van der Waals surface area contributed by atoms with Gasteiger partial charge in [-0.1, -0.05) is 30.7 Å². The zero-order valence-electron chi connectivity index (χ0n) is 23.1. The molecule has 0 saturated carbocycles. The number of hydrogen-bond donors (Lipinski definition) is 3. The van der Waals surface area contributed by atoms with Crippen LogP contribution in [0.1, 0.15) is 51.7 Å². The molecule has 3 N–H and O–H groups in total. The van der Waals surface area contributed by atoms with Crippen molar-refractivity contribution in [2.75, 3.05) is 18.5 Å². The zero-order valence-corrected chi connectivity index (χ0v) is 23.9. The summed E-state index contributed by atoms with van der Waals surface area (Å²) in [5.74, 6) is -3.64. The number of rotatable bonds is 6. The van der Waals surface area contributed by atoms with Gasteiger partial charge in [-0.3, -0.25) is 14.9 Å². The van der Waals surface area contributed by atoms with Crippen molar-refractivity contribution >= 4 is 40.8 Å². The summed E-state index contributed by atoms with van der Waals surface area (Å²) in [5, 5.41) is 17.3. The Balaban J connectivity index is 1.68. The largest absolute Gasteiger partial charge is 0.459 e. The van der Waals surface area contributed by atoms with E-state index in [1.165, 1.54) is 37.1 Å². The Kier molecular flexibility index (Phi) is 8.35. The summed E-state index contributed by atoms with van der Waals surface area (Å²) in [6.45, 7) is 7.10. The van der Waals surface area contributed by atoms with Crippen LogP contribution in [0.2, 0.25) is 5.02 Å². The third-order valence-corrected chi connectivity index (χ3v) is 7.38. The third kappa shape index (κ3) is 5.75. The SMILES string of the molecule is CC(C(=O)NC1N=C(c2ccccc2F)c2cc(Cl)ccc2N(C)C1=O)[C@@H](O)[C@@]1(C(=O)OC(C)(C)C)CCCN1. The Bertz CT molecular complexity index is 1350. The molecule has 9 nitrogen and oxygen atoms in total. The molecule has 0 bridgehead atoms. The topological polar surface area (TPSA) is 120 Å². The molecule has 2 unspecified atom stereocenters. The molecule has 0 radical (unpaired) electrons. The van der Waals surface area contributed by atoms with Crippen LogP contribution in [-0.2, 0) is 19.1 Å². The van der Waals surface area contributed by atoms with Crippen LogP contribution < -0.4 is 15.5 Å². The van der Waals surface area contributed by atoms with Crippen LogP contribution in [0.15, 0.2) is 47.5 Å². The normalized spacial score (nSPS) is 22.6.